The lowest BCUT2D eigenvalue weighted by Crippen LogP contribution is -2.30. The van der Waals surface area contributed by atoms with Crippen LogP contribution in [0, 0.1) is 0 Å². The summed E-state index contributed by atoms with van der Waals surface area (Å²) in [6.45, 7) is 6.35. The lowest BCUT2D eigenvalue weighted by Gasteiger charge is -2.18. The van der Waals surface area contributed by atoms with Gasteiger partial charge in [-0.25, -0.2) is 0 Å². The molecule has 420 valence electrons. The van der Waals surface area contributed by atoms with Crippen LogP contribution in [0.15, 0.2) is 85.1 Å². The summed E-state index contributed by atoms with van der Waals surface area (Å²) in [5, 5.41) is 0. The number of rotatable bonds is 56. The molecule has 6 nitrogen and oxygen atoms in total. The van der Waals surface area contributed by atoms with E-state index in [2.05, 4.69) is 93.7 Å². The van der Waals surface area contributed by atoms with Gasteiger partial charge in [0.05, 0.1) is 0 Å². The van der Waals surface area contributed by atoms with E-state index < -0.39 is 12.1 Å². The van der Waals surface area contributed by atoms with E-state index in [4.69, 9.17) is 14.2 Å². The number of hydrogen-bond acceptors (Lipinski definition) is 6. The van der Waals surface area contributed by atoms with Gasteiger partial charge in [0.1, 0.15) is 13.2 Å². The number of carbonyl (C=O) groups is 3. The number of esters is 3. The van der Waals surface area contributed by atoms with E-state index >= 15 is 0 Å². The molecule has 0 aliphatic rings. The second-order valence-corrected chi connectivity index (χ2v) is 20.6. The van der Waals surface area contributed by atoms with Crippen molar-refractivity contribution in [1.82, 2.24) is 0 Å². The monoisotopic (exact) mass is 1020 g/mol. The first-order chi connectivity index (χ1) is 36.0. The van der Waals surface area contributed by atoms with E-state index in [0.29, 0.717) is 19.3 Å². The highest BCUT2D eigenvalue weighted by Gasteiger charge is 2.19. The predicted octanol–water partition coefficient (Wildman–Crippen LogP) is 21.1. The highest BCUT2D eigenvalue weighted by atomic mass is 16.6. The third-order valence-corrected chi connectivity index (χ3v) is 13.4. The molecule has 0 N–H and O–H groups in total. The average Bonchev–Trinajstić information content (AvgIpc) is 3.39. The molecule has 0 heterocycles. The van der Waals surface area contributed by atoms with Gasteiger partial charge in [-0.3, -0.25) is 14.4 Å². The molecule has 0 aromatic carbocycles. The molecule has 0 aliphatic heterocycles. The fourth-order valence-corrected chi connectivity index (χ4v) is 8.83. The molecule has 0 bridgehead atoms. The first kappa shape index (κ1) is 69.6. The Morgan fingerprint density at radius 3 is 0.890 bits per heavy atom. The predicted molar refractivity (Wildman–Crippen MR) is 316 cm³/mol. The van der Waals surface area contributed by atoms with Gasteiger partial charge in [0.25, 0.3) is 0 Å². The number of hydrogen-bond donors (Lipinski definition) is 0. The number of ether oxygens (including phenoxy) is 3. The minimum absolute atomic E-state index is 0.113. The fraction of sp³-hybridized carbons (Fsp3) is 0.746. The van der Waals surface area contributed by atoms with Crippen molar-refractivity contribution >= 4 is 17.9 Å². The third kappa shape index (κ3) is 59.3. The molecule has 0 saturated carbocycles. The number of carbonyl (C=O) groups excluding carboxylic acids is 3. The van der Waals surface area contributed by atoms with Crippen LogP contribution in [-0.4, -0.2) is 37.2 Å². The van der Waals surface area contributed by atoms with Crippen molar-refractivity contribution in [3.63, 3.8) is 0 Å². The summed E-state index contributed by atoms with van der Waals surface area (Å²) in [6.07, 6.45) is 80.7. The van der Waals surface area contributed by atoms with Crippen LogP contribution < -0.4 is 0 Å². The SMILES string of the molecule is CC/C=C\C/C=C\C/C=C\C/C=C\CCC(=O)OC(COC(=O)CCCCC/C=C\C/C=C\C/C=C\CC)COC(=O)CCCCCCCCCCCCCCCCCCCCCCCCCCCCCCC. The molecule has 1 atom stereocenters. The fourth-order valence-electron chi connectivity index (χ4n) is 8.83. The van der Waals surface area contributed by atoms with Gasteiger partial charge in [0.2, 0.25) is 0 Å². The number of unbranched alkanes of at least 4 members (excludes halogenated alkanes) is 31. The molecule has 6 heteroatoms. The molecule has 0 aromatic heterocycles. The standard InChI is InChI=1S/C67H116O6/c1-4-7-10-13-16-19-22-25-26-27-28-29-30-31-32-33-34-35-36-37-38-39-40-43-45-48-51-54-57-60-66(69)72-63-64(73-67(70)61-58-55-52-49-46-42-24-21-18-15-12-9-6-3)62-71-65(68)59-56-53-50-47-44-41-23-20-17-14-11-8-5-2/h8-9,11-12,17-18,20-21,41-42,44,46,52,55,64H,4-7,10,13-16,19,22-40,43,45,47-51,53-54,56-63H2,1-3H3/b11-8-,12-9-,20-17-,21-18-,44-41-,46-42-,55-52-. The zero-order valence-electron chi connectivity index (χ0n) is 48.1. The van der Waals surface area contributed by atoms with Crippen molar-refractivity contribution in [2.75, 3.05) is 13.2 Å². The summed E-state index contributed by atoms with van der Waals surface area (Å²) in [4.78, 5) is 38.1. The molecule has 0 radical (unpaired) electrons. The maximum absolute atomic E-state index is 12.8. The second-order valence-electron chi connectivity index (χ2n) is 20.6. The molecular weight excluding hydrogens is 901 g/mol. The van der Waals surface area contributed by atoms with Crippen LogP contribution in [0.25, 0.3) is 0 Å². The summed E-state index contributed by atoms with van der Waals surface area (Å²) in [5.74, 6) is -1.02. The molecule has 0 aliphatic carbocycles. The van der Waals surface area contributed by atoms with E-state index in [1.54, 1.807) is 0 Å². The quantitative estimate of drug-likeness (QED) is 0.0261. The molecular formula is C67H116O6. The Hall–Kier alpha value is -3.41. The van der Waals surface area contributed by atoms with Crippen molar-refractivity contribution in [2.45, 2.75) is 309 Å². The Kier molecular flexibility index (Phi) is 58.3. The molecule has 0 rings (SSSR count). The van der Waals surface area contributed by atoms with Crippen molar-refractivity contribution in [3.8, 4) is 0 Å². The van der Waals surface area contributed by atoms with Gasteiger partial charge >= 0.3 is 17.9 Å². The van der Waals surface area contributed by atoms with Crippen LogP contribution in [0.5, 0.6) is 0 Å². The molecule has 1 unspecified atom stereocenters. The summed E-state index contributed by atoms with van der Waals surface area (Å²) in [6, 6.07) is 0. The van der Waals surface area contributed by atoms with E-state index in [9.17, 15) is 14.4 Å². The summed E-state index contributed by atoms with van der Waals surface area (Å²) < 4.78 is 16.8. The normalized spacial score (nSPS) is 12.6. The zero-order chi connectivity index (χ0) is 52.9. The van der Waals surface area contributed by atoms with Crippen molar-refractivity contribution in [3.05, 3.63) is 85.1 Å². The van der Waals surface area contributed by atoms with Crippen molar-refractivity contribution in [2.24, 2.45) is 0 Å². The van der Waals surface area contributed by atoms with Crippen LogP contribution >= 0.6 is 0 Å². The van der Waals surface area contributed by atoms with Crippen LogP contribution in [-0.2, 0) is 28.6 Å². The van der Waals surface area contributed by atoms with Gasteiger partial charge in [-0.1, -0.05) is 292 Å². The van der Waals surface area contributed by atoms with Crippen LogP contribution in [0.3, 0.4) is 0 Å². The molecule has 0 saturated heterocycles. The topological polar surface area (TPSA) is 78.9 Å². The maximum atomic E-state index is 12.8. The van der Waals surface area contributed by atoms with Gasteiger partial charge in [-0.05, 0) is 77.0 Å². The highest BCUT2D eigenvalue weighted by Crippen LogP contribution is 2.17. The Morgan fingerprint density at radius 1 is 0.288 bits per heavy atom. The first-order valence-electron chi connectivity index (χ1n) is 31.1. The molecule has 0 spiro atoms. The van der Waals surface area contributed by atoms with E-state index in [1.807, 2.05) is 12.2 Å². The van der Waals surface area contributed by atoms with Gasteiger partial charge in [-0.15, -0.1) is 0 Å². The minimum atomic E-state index is -0.826. The highest BCUT2D eigenvalue weighted by molar-refractivity contribution is 5.71. The largest absolute Gasteiger partial charge is 0.462 e. The Bertz CT molecular complexity index is 1400. The molecule has 73 heavy (non-hydrogen) atoms. The average molecular weight is 1020 g/mol. The van der Waals surface area contributed by atoms with Gasteiger partial charge < -0.3 is 14.2 Å². The van der Waals surface area contributed by atoms with E-state index in [1.165, 1.54) is 167 Å². The lowest BCUT2D eigenvalue weighted by molar-refractivity contribution is -0.166. The number of allylic oxidation sites excluding steroid dienone is 14. The zero-order valence-corrected chi connectivity index (χ0v) is 48.1. The Balaban J connectivity index is 4.19. The molecule has 0 fully saturated rings. The van der Waals surface area contributed by atoms with Crippen molar-refractivity contribution in [1.29, 1.82) is 0 Å². The van der Waals surface area contributed by atoms with Crippen molar-refractivity contribution < 1.29 is 28.6 Å². The summed E-state index contributed by atoms with van der Waals surface area (Å²) in [7, 11) is 0. The Morgan fingerprint density at radius 2 is 0.562 bits per heavy atom. The van der Waals surface area contributed by atoms with Crippen LogP contribution in [0.4, 0.5) is 0 Å². The molecule has 0 amide bonds. The summed E-state index contributed by atoms with van der Waals surface area (Å²) >= 11 is 0. The Labute approximate surface area is 452 Å². The molecule has 0 aromatic rings. The van der Waals surface area contributed by atoms with Gasteiger partial charge in [0.15, 0.2) is 6.10 Å². The lowest BCUT2D eigenvalue weighted by atomic mass is 10.0. The van der Waals surface area contributed by atoms with Crippen LogP contribution in [0.1, 0.15) is 303 Å². The third-order valence-electron chi connectivity index (χ3n) is 13.4. The van der Waals surface area contributed by atoms with Crippen LogP contribution in [0.2, 0.25) is 0 Å². The van der Waals surface area contributed by atoms with E-state index in [0.717, 1.165) is 89.9 Å². The second kappa shape index (κ2) is 61.1. The maximum Gasteiger partial charge on any atom is 0.306 e. The first-order valence-corrected chi connectivity index (χ1v) is 31.1. The van der Waals surface area contributed by atoms with Gasteiger partial charge in [0, 0.05) is 19.3 Å². The smallest absolute Gasteiger partial charge is 0.306 e. The minimum Gasteiger partial charge on any atom is -0.462 e. The summed E-state index contributed by atoms with van der Waals surface area (Å²) in [5.41, 5.74) is 0. The van der Waals surface area contributed by atoms with E-state index in [-0.39, 0.29) is 31.6 Å². The van der Waals surface area contributed by atoms with Gasteiger partial charge in [-0.2, -0.15) is 0 Å².